The molecule has 6 heavy (non-hydrogen) atoms. The fourth-order valence-corrected chi connectivity index (χ4v) is 0. The minimum absolute atomic E-state index is 0. The van der Waals surface area contributed by atoms with E-state index >= 15 is 0 Å². The van der Waals surface area contributed by atoms with Crippen LogP contribution >= 0.6 is 13.0 Å². The molecule has 0 atom stereocenters. The Labute approximate surface area is 85.7 Å². The second kappa shape index (κ2) is 49.1. The average molecular weight is 376 g/mol. The van der Waals surface area contributed by atoms with Crippen LogP contribution in [0.1, 0.15) is 0 Å². The van der Waals surface area contributed by atoms with Crippen molar-refractivity contribution in [2.45, 2.75) is 0 Å². The Balaban J connectivity index is -0.000000000833. The van der Waals surface area contributed by atoms with Crippen LogP contribution in [0.5, 0.6) is 0 Å². The van der Waals surface area contributed by atoms with E-state index in [9.17, 15) is 0 Å². The number of rotatable bonds is 0. The van der Waals surface area contributed by atoms with Gasteiger partial charge in [-0.2, -0.15) is 0 Å². The summed E-state index contributed by atoms with van der Waals surface area (Å²) in [4.78, 5) is 0. The Bertz CT molecular complexity index is 11.5. The molecular weight excluding hydrogens is 376 g/mol. The zero-order valence-electron chi connectivity index (χ0n) is 2.30. The van der Waals surface area contributed by atoms with Gasteiger partial charge in [0.1, 0.15) is 0 Å². The largest absolute Gasteiger partial charge is 4.00 e. The maximum absolute atomic E-state index is 2.76. The van der Waals surface area contributed by atoms with E-state index in [4.69, 9.17) is 0 Å². The van der Waals surface area contributed by atoms with Gasteiger partial charge in [0.05, 0.1) is 0 Å². The van der Waals surface area contributed by atoms with Crippen LogP contribution in [0.3, 0.4) is 0 Å². The van der Waals surface area contributed by atoms with Crippen molar-refractivity contribution in [3.63, 3.8) is 0 Å². The topological polar surface area (TPSA) is 57.0 Å². The summed E-state index contributed by atoms with van der Waals surface area (Å²) in [5, 5.41) is 0. The van der Waals surface area contributed by atoms with Crippen molar-refractivity contribution in [3.8, 4) is 0 Å². The zero-order chi connectivity index (χ0) is 2.00. The molecule has 2 nitrogen and oxygen atoms in total. The zero-order valence-corrected chi connectivity index (χ0v) is 8.41. The van der Waals surface area contributed by atoms with Crippen molar-refractivity contribution < 1.29 is 74.0 Å². The summed E-state index contributed by atoms with van der Waals surface area (Å²) in [6.45, 7) is 0. The summed E-state index contributed by atoms with van der Waals surface area (Å²) < 4.78 is 0. The van der Waals surface area contributed by atoms with Gasteiger partial charge in [0.15, 0.2) is 0 Å². The third-order valence-electron chi connectivity index (χ3n) is 0. The van der Waals surface area contributed by atoms with Gasteiger partial charge in [0, 0.05) is 0 Å². The molecule has 0 aliphatic rings. The van der Waals surface area contributed by atoms with Crippen LogP contribution < -0.4 is 0 Å². The number of halogens is 1. The molecule has 0 rings (SSSR count). The smallest absolute Gasteiger partial charge is 2.00 e. The molecule has 0 heterocycles. The van der Waals surface area contributed by atoms with Crippen LogP contribution in [0.25, 0.3) is 0 Å². The molecule has 0 saturated heterocycles. The summed E-state index contributed by atoms with van der Waals surface area (Å²) >= 11 is 5.51. The molecule has 0 spiro atoms. The Morgan fingerprint density at radius 1 is 1.00 bits per heavy atom. The molecular formula is Ag2BrO2Ti+. The molecule has 0 radical (unpaired) electrons. The van der Waals surface area contributed by atoms with E-state index in [2.05, 4.69) is 32.0 Å². The number of hydrogen-bond acceptors (Lipinski definition) is 0. The summed E-state index contributed by atoms with van der Waals surface area (Å²) in [7, 11) is 0. The van der Waals surface area contributed by atoms with Crippen LogP contribution in [0, 0.1) is 0 Å². The molecule has 0 fully saturated rings. The van der Waals surface area contributed by atoms with Crippen molar-refractivity contribution in [1.29, 1.82) is 0 Å². The van der Waals surface area contributed by atoms with E-state index in [0.29, 0.717) is 0 Å². The van der Waals surface area contributed by atoms with Crippen molar-refractivity contribution >= 4 is 13.0 Å². The van der Waals surface area contributed by atoms with Crippen LogP contribution in [0.15, 0.2) is 0 Å². The first-order valence-electron chi connectivity index (χ1n) is 0.114. The predicted octanol–water partition coefficient (Wildman–Crippen LogP) is 0.601. The monoisotopic (exact) mass is 373 g/mol. The van der Waals surface area contributed by atoms with Crippen molar-refractivity contribution in [3.05, 3.63) is 0 Å². The van der Waals surface area contributed by atoms with Crippen molar-refractivity contribution in [1.82, 2.24) is 0 Å². The molecule has 44 valence electrons. The molecule has 0 aromatic heterocycles. The van der Waals surface area contributed by atoms with Gasteiger partial charge in [-0.15, -0.1) is 0 Å². The van der Waals surface area contributed by atoms with Gasteiger partial charge in [0.25, 0.3) is 0 Å². The van der Waals surface area contributed by atoms with E-state index in [1.165, 1.54) is 0 Å². The van der Waals surface area contributed by atoms with Gasteiger partial charge in [-0.1, -0.05) is 0 Å². The molecule has 0 aromatic carbocycles. The van der Waals surface area contributed by atoms with E-state index in [-0.39, 0.29) is 55.1 Å². The Morgan fingerprint density at radius 2 is 1.00 bits per heavy atom. The maximum Gasteiger partial charge on any atom is 4.00 e. The standard InChI is InChI=1S/2Ag.BrH.2O.Ti/h;;1H;;;/q2*+1;;2*-2;+4/p-1. The van der Waals surface area contributed by atoms with Crippen LogP contribution in [0.2, 0.25) is 0 Å². The van der Waals surface area contributed by atoms with Crippen molar-refractivity contribution in [2.24, 2.45) is 0 Å². The minimum atomic E-state index is 0. The molecule has 6 heteroatoms. The third-order valence-corrected chi connectivity index (χ3v) is 0. The van der Waals surface area contributed by atoms with Crippen LogP contribution in [0.4, 0.5) is 0 Å². The van der Waals surface area contributed by atoms with E-state index in [1.54, 1.807) is 0 Å². The van der Waals surface area contributed by atoms with Gasteiger partial charge >= 0.3 is 76.1 Å². The first kappa shape index (κ1) is 38.4. The first-order valence-corrected chi connectivity index (χ1v) is 3.50. The van der Waals surface area contributed by atoms with E-state index < -0.39 is 0 Å². The van der Waals surface area contributed by atoms with Crippen LogP contribution in [-0.4, -0.2) is 0 Å². The Hall–Kier alpha value is 2.59. The van der Waals surface area contributed by atoms with Gasteiger partial charge < -0.3 is 11.0 Å². The minimum Gasteiger partial charge on any atom is -2.00 e. The second-order valence-corrected chi connectivity index (χ2v) is 0. The Morgan fingerprint density at radius 3 is 1.00 bits per heavy atom. The third kappa shape index (κ3) is 30.7. The second-order valence-electron chi connectivity index (χ2n) is 0. The summed E-state index contributed by atoms with van der Waals surface area (Å²) in [5.74, 6) is 0. The van der Waals surface area contributed by atoms with Crippen molar-refractivity contribution in [2.75, 3.05) is 0 Å². The Kier molecular flexibility index (Phi) is 314. The average Bonchev–Trinajstić information content (AvgIpc) is 1.00. The quantitative estimate of drug-likeness (QED) is 0.557. The van der Waals surface area contributed by atoms with E-state index in [1.807, 2.05) is 0 Å². The fourth-order valence-electron chi connectivity index (χ4n) is 0. The molecule has 0 amide bonds. The molecule has 0 saturated carbocycles. The van der Waals surface area contributed by atoms with Crippen LogP contribution in [-0.2, 0) is 74.0 Å². The molecule has 0 aliphatic carbocycles. The fraction of sp³-hybridized carbons (Fsp3) is 0. The number of hydrogen-bond donors (Lipinski definition) is 0. The molecule has 0 aliphatic heterocycles. The summed E-state index contributed by atoms with van der Waals surface area (Å²) in [5.41, 5.74) is 0. The summed E-state index contributed by atoms with van der Waals surface area (Å²) in [6.07, 6.45) is 0. The van der Waals surface area contributed by atoms with Gasteiger partial charge in [-0.05, 0) is 0 Å². The molecule has 0 unspecified atom stereocenters. The SMILES string of the molecule is [Ag+].[Br][Ag].[O-2].[O-2].[Ti+4]. The van der Waals surface area contributed by atoms with E-state index in [0.717, 1.165) is 0 Å². The normalized spacial score (nSPS) is 1.17. The first-order chi connectivity index (χ1) is 1.00. The van der Waals surface area contributed by atoms with Gasteiger partial charge in [-0.25, -0.2) is 0 Å². The molecule has 0 aromatic rings. The van der Waals surface area contributed by atoms with Gasteiger partial charge in [0.2, 0.25) is 0 Å². The molecule has 0 N–H and O–H groups in total. The maximum atomic E-state index is 2.76. The van der Waals surface area contributed by atoms with Gasteiger partial charge in [-0.3, -0.25) is 0 Å². The predicted molar refractivity (Wildman–Crippen MR) is 10.3 cm³/mol. The molecule has 0 bridgehead atoms. The summed E-state index contributed by atoms with van der Waals surface area (Å²) in [6, 6.07) is 0.